The third-order valence-corrected chi connectivity index (χ3v) is 2.10. The fourth-order valence-corrected chi connectivity index (χ4v) is 1.51. The molecular weight excluding hydrogens is 112 g/mol. The van der Waals surface area contributed by atoms with Gasteiger partial charge in [0.1, 0.15) is 0 Å². The van der Waals surface area contributed by atoms with Gasteiger partial charge in [0.15, 0.2) is 6.29 Å². The molecule has 1 aliphatic carbocycles. The quantitative estimate of drug-likeness (QED) is 0.552. The molecule has 0 saturated heterocycles. The van der Waals surface area contributed by atoms with Gasteiger partial charge in [-0.25, -0.2) is 0 Å². The molecule has 1 radical (unpaired) electrons. The number of hydrogen-bond acceptors (Lipinski definition) is 1. The van der Waals surface area contributed by atoms with Crippen molar-refractivity contribution in [2.45, 2.75) is 38.5 Å². The van der Waals surface area contributed by atoms with Gasteiger partial charge in [-0.05, 0) is 5.92 Å². The molecule has 0 aliphatic heterocycles. The lowest BCUT2D eigenvalue weighted by molar-refractivity contribution is 0.362. The molecule has 0 aromatic heterocycles. The Morgan fingerprint density at radius 3 is 2.44 bits per heavy atom. The minimum absolute atomic E-state index is 0.677. The van der Waals surface area contributed by atoms with Crippen molar-refractivity contribution < 1.29 is 4.79 Å². The summed E-state index contributed by atoms with van der Waals surface area (Å²) in [6, 6.07) is 0. The summed E-state index contributed by atoms with van der Waals surface area (Å²) < 4.78 is 0. The van der Waals surface area contributed by atoms with Crippen molar-refractivity contribution in [2.75, 3.05) is 0 Å². The van der Waals surface area contributed by atoms with Gasteiger partial charge in [0, 0.05) is 6.42 Å². The smallest absolute Gasteiger partial charge is 0.198 e. The highest BCUT2D eigenvalue weighted by molar-refractivity contribution is 5.50. The third kappa shape index (κ3) is 2.17. The largest absolute Gasteiger partial charge is 0.291 e. The van der Waals surface area contributed by atoms with Gasteiger partial charge in [-0.2, -0.15) is 0 Å². The maximum atomic E-state index is 9.95. The molecule has 0 heterocycles. The molecule has 0 N–H and O–H groups in total. The molecule has 1 fully saturated rings. The summed E-state index contributed by atoms with van der Waals surface area (Å²) in [4.78, 5) is 9.95. The Hall–Kier alpha value is -0.330. The Labute approximate surface area is 56.4 Å². The van der Waals surface area contributed by atoms with Crippen molar-refractivity contribution in [1.82, 2.24) is 0 Å². The highest BCUT2D eigenvalue weighted by Gasteiger charge is 2.11. The molecule has 1 saturated carbocycles. The number of hydrogen-bond donors (Lipinski definition) is 0. The fourth-order valence-electron chi connectivity index (χ4n) is 1.51. The van der Waals surface area contributed by atoms with Crippen molar-refractivity contribution in [3.05, 3.63) is 0 Å². The maximum absolute atomic E-state index is 9.95. The van der Waals surface area contributed by atoms with Gasteiger partial charge in [0.2, 0.25) is 0 Å². The van der Waals surface area contributed by atoms with Crippen molar-refractivity contribution in [2.24, 2.45) is 5.92 Å². The molecule has 1 aliphatic rings. The van der Waals surface area contributed by atoms with Crippen LogP contribution in [0.15, 0.2) is 0 Å². The van der Waals surface area contributed by atoms with E-state index in [9.17, 15) is 4.79 Å². The molecule has 0 aromatic rings. The van der Waals surface area contributed by atoms with Gasteiger partial charge < -0.3 is 0 Å². The second-order valence-corrected chi connectivity index (χ2v) is 2.85. The fraction of sp³-hybridized carbons (Fsp3) is 0.875. The summed E-state index contributed by atoms with van der Waals surface area (Å²) in [6.45, 7) is 0. The predicted octanol–water partition coefficient (Wildman–Crippen LogP) is 2.07. The van der Waals surface area contributed by atoms with Gasteiger partial charge in [0.05, 0.1) is 0 Å². The highest BCUT2D eigenvalue weighted by atomic mass is 16.1. The molecule has 0 atom stereocenters. The summed E-state index contributed by atoms with van der Waals surface area (Å²) >= 11 is 0. The van der Waals surface area contributed by atoms with Crippen LogP contribution in [0.2, 0.25) is 0 Å². The van der Waals surface area contributed by atoms with E-state index < -0.39 is 0 Å². The molecule has 0 amide bonds. The summed E-state index contributed by atoms with van der Waals surface area (Å²) in [5.41, 5.74) is 0. The molecule has 51 valence electrons. The second-order valence-electron chi connectivity index (χ2n) is 2.85. The SMILES string of the molecule is O=[C]CC1CCCCC1. The molecule has 0 spiro atoms. The van der Waals surface area contributed by atoms with Gasteiger partial charge in [-0.3, -0.25) is 4.79 Å². The average molecular weight is 125 g/mol. The van der Waals surface area contributed by atoms with E-state index in [-0.39, 0.29) is 0 Å². The summed E-state index contributed by atoms with van der Waals surface area (Å²) in [7, 11) is 0. The molecule has 0 bridgehead atoms. The predicted molar refractivity (Wildman–Crippen MR) is 36.9 cm³/mol. The average Bonchev–Trinajstić information content (AvgIpc) is 1.91. The Morgan fingerprint density at radius 2 is 1.89 bits per heavy atom. The van der Waals surface area contributed by atoms with Crippen LogP contribution in [0.3, 0.4) is 0 Å². The van der Waals surface area contributed by atoms with Gasteiger partial charge in [-0.1, -0.05) is 32.1 Å². The van der Waals surface area contributed by atoms with Crippen molar-refractivity contribution in [3.63, 3.8) is 0 Å². The molecular formula is C8H13O. The van der Waals surface area contributed by atoms with E-state index in [1.54, 1.807) is 0 Å². The first kappa shape index (κ1) is 6.79. The zero-order valence-corrected chi connectivity index (χ0v) is 5.73. The second kappa shape index (κ2) is 3.65. The Morgan fingerprint density at radius 1 is 1.22 bits per heavy atom. The van der Waals surface area contributed by atoms with Crippen LogP contribution in [0.4, 0.5) is 0 Å². The first-order chi connectivity index (χ1) is 4.43. The van der Waals surface area contributed by atoms with E-state index in [1.807, 2.05) is 6.29 Å². The minimum atomic E-state index is 0.677. The van der Waals surface area contributed by atoms with Crippen molar-refractivity contribution in [3.8, 4) is 0 Å². The lowest BCUT2D eigenvalue weighted by Crippen LogP contribution is -2.05. The Bertz CT molecular complexity index is 82.6. The maximum Gasteiger partial charge on any atom is 0.198 e. The lowest BCUT2D eigenvalue weighted by atomic mass is 9.87. The first-order valence-corrected chi connectivity index (χ1v) is 3.78. The van der Waals surface area contributed by atoms with Crippen LogP contribution in [-0.4, -0.2) is 6.29 Å². The van der Waals surface area contributed by atoms with Crippen LogP contribution in [0.5, 0.6) is 0 Å². The van der Waals surface area contributed by atoms with Crippen molar-refractivity contribution in [1.29, 1.82) is 0 Å². The van der Waals surface area contributed by atoms with E-state index in [0.29, 0.717) is 12.3 Å². The van der Waals surface area contributed by atoms with Crippen molar-refractivity contribution >= 4 is 6.29 Å². The molecule has 9 heavy (non-hydrogen) atoms. The van der Waals surface area contributed by atoms with Crippen LogP contribution in [0.25, 0.3) is 0 Å². The monoisotopic (exact) mass is 125 g/mol. The van der Waals surface area contributed by atoms with Crippen LogP contribution < -0.4 is 0 Å². The van der Waals surface area contributed by atoms with Gasteiger partial charge in [-0.15, -0.1) is 0 Å². The molecule has 1 rings (SSSR count). The molecule has 0 unspecified atom stereocenters. The molecule has 0 aromatic carbocycles. The lowest BCUT2D eigenvalue weighted by Gasteiger charge is -2.18. The van der Waals surface area contributed by atoms with Gasteiger partial charge in [0.25, 0.3) is 0 Å². The highest BCUT2D eigenvalue weighted by Crippen LogP contribution is 2.24. The summed E-state index contributed by atoms with van der Waals surface area (Å²) in [5, 5.41) is 0. The van der Waals surface area contributed by atoms with E-state index >= 15 is 0 Å². The Balaban J connectivity index is 2.15. The standard InChI is InChI=1S/C8H13O/c9-7-6-8-4-2-1-3-5-8/h8H,1-6H2. The molecule has 1 nitrogen and oxygen atoms in total. The zero-order chi connectivity index (χ0) is 6.53. The van der Waals surface area contributed by atoms with Crippen LogP contribution in [0.1, 0.15) is 38.5 Å². The Kier molecular flexibility index (Phi) is 2.75. The van der Waals surface area contributed by atoms with Gasteiger partial charge >= 0.3 is 0 Å². The first-order valence-electron chi connectivity index (χ1n) is 3.78. The topological polar surface area (TPSA) is 17.1 Å². The van der Waals surface area contributed by atoms with E-state index in [4.69, 9.17) is 0 Å². The minimum Gasteiger partial charge on any atom is -0.291 e. The molecule has 1 heteroatoms. The zero-order valence-electron chi connectivity index (χ0n) is 5.73. The van der Waals surface area contributed by atoms with Crippen LogP contribution >= 0.6 is 0 Å². The van der Waals surface area contributed by atoms with E-state index in [2.05, 4.69) is 0 Å². The number of rotatable bonds is 2. The van der Waals surface area contributed by atoms with Crippen LogP contribution in [0, 0.1) is 5.92 Å². The summed E-state index contributed by atoms with van der Waals surface area (Å²) in [6.07, 6.45) is 9.21. The summed E-state index contributed by atoms with van der Waals surface area (Å²) in [5.74, 6) is 0.677. The van der Waals surface area contributed by atoms with E-state index in [1.165, 1.54) is 32.1 Å². The normalized spacial score (nSPS) is 21.8. The van der Waals surface area contributed by atoms with Crippen LogP contribution in [-0.2, 0) is 4.79 Å². The van der Waals surface area contributed by atoms with E-state index in [0.717, 1.165) is 0 Å². The third-order valence-electron chi connectivity index (χ3n) is 2.10. The number of carbonyl (C=O) groups excluding carboxylic acids is 1.